The van der Waals surface area contributed by atoms with E-state index in [9.17, 15) is 4.79 Å². The van der Waals surface area contributed by atoms with E-state index in [0.29, 0.717) is 23.0 Å². The van der Waals surface area contributed by atoms with Gasteiger partial charge in [0.25, 0.3) is 0 Å². The molecule has 0 fully saturated rings. The maximum absolute atomic E-state index is 10.7. The van der Waals surface area contributed by atoms with Crippen molar-refractivity contribution in [3.63, 3.8) is 0 Å². The van der Waals surface area contributed by atoms with Crippen LogP contribution in [-0.2, 0) is 6.42 Å². The van der Waals surface area contributed by atoms with Crippen molar-refractivity contribution >= 4 is 6.29 Å². The molecule has 1 aromatic carbocycles. The first-order valence-corrected chi connectivity index (χ1v) is 4.08. The lowest BCUT2D eigenvalue weighted by Crippen LogP contribution is -1.96. The number of aryl methyl sites for hydroxylation is 1. The number of benzene rings is 1. The van der Waals surface area contributed by atoms with Crippen molar-refractivity contribution < 1.29 is 4.79 Å². The molecule has 0 N–H and O–H groups in total. The summed E-state index contributed by atoms with van der Waals surface area (Å²) in [4.78, 5) is 10.7. The highest BCUT2D eigenvalue weighted by Gasteiger charge is 2.06. The van der Waals surface area contributed by atoms with Crippen LogP contribution in [0.4, 0.5) is 0 Å². The van der Waals surface area contributed by atoms with Crippen molar-refractivity contribution in [1.82, 2.24) is 0 Å². The molecule has 0 saturated carbocycles. The molecule has 0 atom stereocenters. The van der Waals surface area contributed by atoms with Crippen LogP contribution in [0.2, 0.25) is 0 Å². The molecule has 0 unspecified atom stereocenters. The van der Waals surface area contributed by atoms with Gasteiger partial charge in [-0.3, -0.25) is 4.79 Å². The summed E-state index contributed by atoms with van der Waals surface area (Å²) in [6.07, 6.45) is 0.881. The molecule has 0 aliphatic rings. The Kier molecular flexibility index (Phi) is 2.99. The third kappa shape index (κ3) is 1.78. The van der Waals surface area contributed by atoms with Gasteiger partial charge in [-0.15, -0.1) is 0 Å². The molecule has 0 bridgehead atoms. The van der Waals surface area contributed by atoms with Gasteiger partial charge < -0.3 is 0 Å². The summed E-state index contributed by atoms with van der Waals surface area (Å²) in [5, 5.41) is 17.2. The van der Waals surface area contributed by atoms with E-state index in [0.717, 1.165) is 5.56 Å². The Bertz CT molecular complexity index is 450. The van der Waals surface area contributed by atoms with Crippen LogP contribution in [-0.4, -0.2) is 6.29 Å². The standard InChI is InChI=1S/C11H8N2O/c1-8-4-9(6-13)5-10(7-14)11(8)2-3-12/h4-5,7H,2H2,1H3. The number of carbonyl (C=O) groups is 1. The van der Waals surface area contributed by atoms with Crippen molar-refractivity contribution in [2.45, 2.75) is 13.3 Å². The number of nitrogens with zero attached hydrogens (tertiary/aromatic N) is 2. The van der Waals surface area contributed by atoms with E-state index in [1.165, 1.54) is 6.07 Å². The van der Waals surface area contributed by atoms with Crippen molar-refractivity contribution in [2.75, 3.05) is 0 Å². The van der Waals surface area contributed by atoms with E-state index < -0.39 is 0 Å². The first kappa shape index (κ1) is 9.95. The van der Waals surface area contributed by atoms with Gasteiger partial charge in [-0.05, 0) is 30.2 Å². The fourth-order valence-electron chi connectivity index (χ4n) is 1.33. The average Bonchev–Trinajstić information content (AvgIpc) is 2.20. The summed E-state index contributed by atoms with van der Waals surface area (Å²) < 4.78 is 0. The summed E-state index contributed by atoms with van der Waals surface area (Å²) in [5.41, 5.74) is 2.41. The molecule has 68 valence electrons. The maximum Gasteiger partial charge on any atom is 0.150 e. The fourth-order valence-corrected chi connectivity index (χ4v) is 1.33. The van der Waals surface area contributed by atoms with E-state index in [2.05, 4.69) is 0 Å². The van der Waals surface area contributed by atoms with Crippen molar-refractivity contribution in [3.05, 3.63) is 34.4 Å². The van der Waals surface area contributed by atoms with Gasteiger partial charge in [-0.2, -0.15) is 10.5 Å². The van der Waals surface area contributed by atoms with Crippen LogP contribution in [0.25, 0.3) is 0 Å². The van der Waals surface area contributed by atoms with Crippen LogP contribution >= 0.6 is 0 Å². The van der Waals surface area contributed by atoms with Gasteiger partial charge in [0.15, 0.2) is 0 Å². The zero-order valence-corrected chi connectivity index (χ0v) is 7.74. The SMILES string of the molecule is Cc1cc(C#N)cc(C=O)c1CC#N. The smallest absolute Gasteiger partial charge is 0.150 e. The number of hydrogen-bond acceptors (Lipinski definition) is 3. The molecular weight excluding hydrogens is 176 g/mol. The van der Waals surface area contributed by atoms with E-state index in [-0.39, 0.29) is 6.42 Å². The van der Waals surface area contributed by atoms with Gasteiger partial charge in [-0.1, -0.05) is 0 Å². The molecule has 0 heterocycles. The first-order chi connectivity index (χ1) is 6.72. The molecule has 3 nitrogen and oxygen atoms in total. The molecule has 14 heavy (non-hydrogen) atoms. The van der Waals surface area contributed by atoms with Gasteiger partial charge in [0.05, 0.1) is 24.1 Å². The van der Waals surface area contributed by atoms with Crippen molar-refractivity contribution in [1.29, 1.82) is 10.5 Å². The lowest BCUT2D eigenvalue weighted by molar-refractivity contribution is 0.112. The monoisotopic (exact) mass is 184 g/mol. The normalized spacial score (nSPS) is 8.79. The summed E-state index contributed by atoms with van der Waals surface area (Å²) in [6.45, 7) is 1.79. The average molecular weight is 184 g/mol. The second kappa shape index (κ2) is 4.20. The van der Waals surface area contributed by atoms with E-state index in [1.807, 2.05) is 12.1 Å². The molecule has 0 aliphatic heterocycles. The first-order valence-electron chi connectivity index (χ1n) is 4.08. The van der Waals surface area contributed by atoms with Crippen LogP contribution in [0.1, 0.15) is 27.0 Å². The zero-order valence-electron chi connectivity index (χ0n) is 7.74. The molecule has 1 rings (SSSR count). The van der Waals surface area contributed by atoms with Crippen LogP contribution in [0, 0.1) is 29.6 Å². The van der Waals surface area contributed by atoms with E-state index >= 15 is 0 Å². The molecule has 3 heteroatoms. The molecule has 0 spiro atoms. The van der Waals surface area contributed by atoms with Gasteiger partial charge in [0, 0.05) is 5.56 Å². The molecule has 0 aromatic heterocycles. The number of rotatable bonds is 2. The van der Waals surface area contributed by atoms with E-state index in [4.69, 9.17) is 10.5 Å². The number of hydrogen-bond donors (Lipinski definition) is 0. The summed E-state index contributed by atoms with van der Waals surface area (Å²) >= 11 is 0. The topological polar surface area (TPSA) is 64.7 Å². The van der Waals surface area contributed by atoms with Crippen LogP contribution in [0.3, 0.4) is 0 Å². The Balaban J connectivity index is 3.37. The van der Waals surface area contributed by atoms with Gasteiger partial charge in [-0.25, -0.2) is 0 Å². The minimum absolute atomic E-state index is 0.200. The number of carbonyl (C=O) groups excluding carboxylic acids is 1. The van der Waals surface area contributed by atoms with Gasteiger partial charge >= 0.3 is 0 Å². The highest BCUT2D eigenvalue weighted by molar-refractivity contribution is 5.79. The van der Waals surface area contributed by atoms with E-state index in [1.54, 1.807) is 13.0 Å². The Morgan fingerprint density at radius 2 is 2.14 bits per heavy atom. The largest absolute Gasteiger partial charge is 0.298 e. The Morgan fingerprint density at radius 1 is 1.43 bits per heavy atom. The van der Waals surface area contributed by atoms with Crippen LogP contribution in [0.15, 0.2) is 12.1 Å². The van der Waals surface area contributed by atoms with Gasteiger partial charge in [0.2, 0.25) is 0 Å². The zero-order chi connectivity index (χ0) is 10.6. The second-order valence-corrected chi connectivity index (χ2v) is 2.93. The molecular formula is C11H8N2O. The lowest BCUT2D eigenvalue weighted by Gasteiger charge is -2.05. The minimum Gasteiger partial charge on any atom is -0.298 e. The third-order valence-corrected chi connectivity index (χ3v) is 2.02. The molecule has 0 saturated heterocycles. The highest BCUT2D eigenvalue weighted by Crippen LogP contribution is 2.16. The fraction of sp³-hybridized carbons (Fsp3) is 0.182. The maximum atomic E-state index is 10.7. The van der Waals surface area contributed by atoms with Crippen molar-refractivity contribution in [3.8, 4) is 12.1 Å². The highest BCUT2D eigenvalue weighted by atomic mass is 16.1. The summed E-state index contributed by atoms with van der Waals surface area (Å²) in [7, 11) is 0. The van der Waals surface area contributed by atoms with Gasteiger partial charge in [0.1, 0.15) is 6.29 Å². The number of aldehydes is 1. The van der Waals surface area contributed by atoms with Crippen LogP contribution in [0.5, 0.6) is 0 Å². The molecule has 0 radical (unpaired) electrons. The molecule has 0 aliphatic carbocycles. The van der Waals surface area contributed by atoms with Crippen molar-refractivity contribution in [2.24, 2.45) is 0 Å². The Morgan fingerprint density at radius 3 is 2.64 bits per heavy atom. The minimum atomic E-state index is 0.200. The summed E-state index contributed by atoms with van der Waals surface area (Å²) in [5.74, 6) is 0. The lowest BCUT2D eigenvalue weighted by atomic mass is 9.97. The number of nitriles is 2. The predicted octanol–water partition coefficient (Wildman–Crippen LogP) is 1.75. The molecule has 0 amide bonds. The summed E-state index contributed by atoms with van der Waals surface area (Å²) in [6, 6.07) is 7.15. The third-order valence-electron chi connectivity index (χ3n) is 2.02. The Labute approximate surface area is 82.2 Å². The predicted molar refractivity (Wildman–Crippen MR) is 50.6 cm³/mol. The van der Waals surface area contributed by atoms with Crippen LogP contribution < -0.4 is 0 Å². The molecule has 1 aromatic rings. The Hall–Kier alpha value is -2.13. The quantitative estimate of drug-likeness (QED) is 0.657. The second-order valence-electron chi connectivity index (χ2n) is 2.93.